The molecule has 3 N–H and O–H groups in total. The highest BCUT2D eigenvalue weighted by Gasteiger charge is 2.18. The molecule has 0 saturated carbocycles. The van der Waals surface area contributed by atoms with Crippen LogP contribution < -0.4 is 10.5 Å². The van der Waals surface area contributed by atoms with E-state index in [2.05, 4.69) is 9.82 Å². The van der Waals surface area contributed by atoms with Crippen molar-refractivity contribution >= 4 is 27.3 Å². The van der Waals surface area contributed by atoms with Crippen molar-refractivity contribution in [2.45, 2.75) is 24.8 Å². The van der Waals surface area contributed by atoms with Gasteiger partial charge in [0.2, 0.25) is 0 Å². The van der Waals surface area contributed by atoms with E-state index in [1.165, 1.54) is 12.4 Å². The molecule has 0 aliphatic rings. The number of rotatable bonds is 6. The lowest BCUT2D eigenvalue weighted by molar-refractivity contribution is 0.582. The Morgan fingerprint density at radius 1 is 1.43 bits per heavy atom. The molecule has 2 aromatic rings. The van der Waals surface area contributed by atoms with Gasteiger partial charge in [-0.05, 0) is 37.6 Å². The maximum Gasteiger partial charge on any atom is 0.265 e. The second-order valence-electron chi connectivity index (χ2n) is 4.67. The minimum atomic E-state index is -3.71. The summed E-state index contributed by atoms with van der Waals surface area (Å²) in [6.45, 7) is 2.97. The molecule has 8 heteroatoms. The molecule has 21 heavy (non-hydrogen) atoms. The largest absolute Gasteiger partial charge is 0.330 e. The molecular formula is C13H17ClN4O2S. The molecule has 0 atom stereocenters. The van der Waals surface area contributed by atoms with E-state index in [4.69, 9.17) is 17.3 Å². The summed E-state index contributed by atoms with van der Waals surface area (Å²) >= 11 is 6.00. The van der Waals surface area contributed by atoms with Crippen LogP contribution in [0, 0.1) is 6.92 Å². The monoisotopic (exact) mass is 328 g/mol. The number of hydrogen-bond acceptors (Lipinski definition) is 4. The van der Waals surface area contributed by atoms with Crippen molar-refractivity contribution in [2.75, 3.05) is 11.3 Å². The number of benzene rings is 1. The molecule has 0 unspecified atom stereocenters. The van der Waals surface area contributed by atoms with Crippen LogP contribution in [-0.2, 0) is 16.6 Å². The van der Waals surface area contributed by atoms with Crippen LogP contribution in [0.4, 0.5) is 5.69 Å². The lowest BCUT2D eigenvalue weighted by Crippen LogP contribution is -2.13. The zero-order chi connectivity index (χ0) is 15.5. The van der Waals surface area contributed by atoms with E-state index >= 15 is 0 Å². The Morgan fingerprint density at radius 3 is 2.90 bits per heavy atom. The molecule has 0 saturated heterocycles. The van der Waals surface area contributed by atoms with E-state index in [9.17, 15) is 8.42 Å². The molecule has 6 nitrogen and oxygen atoms in total. The van der Waals surface area contributed by atoms with Crippen LogP contribution in [0.15, 0.2) is 35.5 Å². The van der Waals surface area contributed by atoms with Crippen LogP contribution in [0.5, 0.6) is 0 Å². The van der Waals surface area contributed by atoms with Gasteiger partial charge in [0.1, 0.15) is 4.90 Å². The zero-order valence-electron chi connectivity index (χ0n) is 11.6. The van der Waals surface area contributed by atoms with Crippen LogP contribution >= 0.6 is 11.6 Å². The molecule has 0 fully saturated rings. The van der Waals surface area contributed by atoms with Crippen LogP contribution in [0.3, 0.4) is 0 Å². The topological polar surface area (TPSA) is 90.0 Å². The second-order valence-corrected chi connectivity index (χ2v) is 6.76. The van der Waals surface area contributed by atoms with Crippen molar-refractivity contribution in [3.8, 4) is 0 Å². The highest BCUT2D eigenvalue weighted by Crippen LogP contribution is 2.25. The molecular weight excluding hydrogens is 312 g/mol. The predicted octanol–water partition coefficient (Wildman–Crippen LogP) is 1.99. The van der Waals surface area contributed by atoms with Crippen LogP contribution in [-0.4, -0.2) is 24.7 Å². The number of halogens is 1. The Labute approximate surface area is 129 Å². The third-order valence-corrected chi connectivity index (χ3v) is 4.53. The van der Waals surface area contributed by atoms with Crippen LogP contribution in [0.2, 0.25) is 5.02 Å². The van der Waals surface area contributed by atoms with Gasteiger partial charge in [0.05, 0.1) is 16.9 Å². The molecule has 0 bridgehead atoms. The number of aryl methyl sites for hydroxylation is 2. The first-order valence-electron chi connectivity index (χ1n) is 6.44. The maximum absolute atomic E-state index is 12.3. The van der Waals surface area contributed by atoms with Gasteiger partial charge in [0, 0.05) is 12.7 Å². The van der Waals surface area contributed by atoms with Crippen molar-refractivity contribution in [1.29, 1.82) is 0 Å². The standard InChI is InChI=1S/C13H17ClN4O2S/c1-10-3-4-12(14)13(7-10)17-21(19,20)11-8-16-18(9-11)6-2-5-15/h3-4,7-9,17H,2,5-6,15H2,1H3. The summed E-state index contributed by atoms with van der Waals surface area (Å²) in [5.74, 6) is 0. The average Bonchev–Trinajstić information content (AvgIpc) is 2.90. The molecule has 1 heterocycles. The number of nitrogens with two attached hydrogens (primary N) is 1. The van der Waals surface area contributed by atoms with Gasteiger partial charge in [0.15, 0.2) is 0 Å². The fraction of sp³-hybridized carbons (Fsp3) is 0.308. The van der Waals surface area contributed by atoms with Gasteiger partial charge in [0.25, 0.3) is 10.0 Å². The van der Waals surface area contributed by atoms with Crippen molar-refractivity contribution in [3.05, 3.63) is 41.2 Å². The molecule has 1 aromatic heterocycles. The molecule has 114 valence electrons. The number of nitrogens with one attached hydrogen (secondary N) is 1. The summed E-state index contributed by atoms with van der Waals surface area (Å²) in [4.78, 5) is 0.0945. The summed E-state index contributed by atoms with van der Waals surface area (Å²) in [5, 5.41) is 4.36. The van der Waals surface area contributed by atoms with E-state index in [0.29, 0.717) is 23.8 Å². The van der Waals surface area contributed by atoms with Crippen molar-refractivity contribution in [1.82, 2.24) is 9.78 Å². The normalized spacial score (nSPS) is 11.6. The Morgan fingerprint density at radius 2 is 2.19 bits per heavy atom. The Bertz CT molecular complexity index is 728. The highest BCUT2D eigenvalue weighted by molar-refractivity contribution is 7.92. The third-order valence-electron chi connectivity index (χ3n) is 2.88. The molecule has 0 radical (unpaired) electrons. The van der Waals surface area contributed by atoms with E-state index in [1.807, 2.05) is 13.0 Å². The predicted molar refractivity (Wildman–Crippen MR) is 82.9 cm³/mol. The first-order valence-corrected chi connectivity index (χ1v) is 8.30. The van der Waals surface area contributed by atoms with Gasteiger partial charge in [-0.2, -0.15) is 5.10 Å². The van der Waals surface area contributed by atoms with Gasteiger partial charge in [-0.25, -0.2) is 8.42 Å². The summed E-state index contributed by atoms with van der Waals surface area (Å²) < 4.78 is 28.6. The first-order chi connectivity index (χ1) is 9.92. The number of sulfonamides is 1. The summed E-state index contributed by atoms with van der Waals surface area (Å²) in [7, 11) is -3.71. The summed E-state index contributed by atoms with van der Waals surface area (Å²) in [5.41, 5.74) is 6.68. The molecule has 1 aromatic carbocycles. The van der Waals surface area contributed by atoms with E-state index < -0.39 is 10.0 Å². The van der Waals surface area contributed by atoms with Gasteiger partial charge in [-0.15, -0.1) is 0 Å². The van der Waals surface area contributed by atoms with Crippen molar-refractivity contribution in [2.24, 2.45) is 5.73 Å². The first kappa shape index (κ1) is 15.8. The molecule has 2 rings (SSSR count). The fourth-order valence-electron chi connectivity index (χ4n) is 1.78. The van der Waals surface area contributed by atoms with Crippen molar-refractivity contribution in [3.63, 3.8) is 0 Å². The lowest BCUT2D eigenvalue weighted by Gasteiger charge is -2.08. The van der Waals surface area contributed by atoms with Gasteiger partial charge in [-0.1, -0.05) is 17.7 Å². The Kier molecular flexibility index (Phi) is 4.87. The zero-order valence-corrected chi connectivity index (χ0v) is 13.2. The van der Waals surface area contributed by atoms with Crippen LogP contribution in [0.1, 0.15) is 12.0 Å². The minimum Gasteiger partial charge on any atom is -0.330 e. The maximum atomic E-state index is 12.3. The third kappa shape index (κ3) is 3.96. The molecule has 0 amide bonds. The van der Waals surface area contributed by atoms with Gasteiger partial charge < -0.3 is 5.73 Å². The second kappa shape index (κ2) is 6.46. The van der Waals surface area contributed by atoms with Gasteiger partial charge >= 0.3 is 0 Å². The molecule has 0 spiro atoms. The van der Waals surface area contributed by atoms with Crippen molar-refractivity contribution < 1.29 is 8.42 Å². The lowest BCUT2D eigenvalue weighted by atomic mass is 10.2. The summed E-state index contributed by atoms with van der Waals surface area (Å²) in [6.07, 6.45) is 3.52. The average molecular weight is 329 g/mol. The Balaban J connectivity index is 2.22. The number of anilines is 1. The van der Waals surface area contributed by atoms with Gasteiger partial charge in [-0.3, -0.25) is 9.40 Å². The van der Waals surface area contributed by atoms with E-state index in [0.717, 1.165) is 12.0 Å². The number of hydrogen-bond donors (Lipinski definition) is 2. The highest BCUT2D eigenvalue weighted by atomic mass is 35.5. The van der Waals surface area contributed by atoms with Crippen LogP contribution in [0.25, 0.3) is 0 Å². The van der Waals surface area contributed by atoms with E-state index in [1.54, 1.807) is 16.8 Å². The number of aromatic nitrogens is 2. The minimum absolute atomic E-state index is 0.0945. The molecule has 0 aliphatic heterocycles. The molecule has 0 aliphatic carbocycles. The van der Waals surface area contributed by atoms with E-state index in [-0.39, 0.29) is 4.90 Å². The quantitative estimate of drug-likeness (QED) is 0.848. The Hall–Kier alpha value is -1.57. The summed E-state index contributed by atoms with van der Waals surface area (Å²) in [6, 6.07) is 5.14. The number of nitrogens with zero attached hydrogens (tertiary/aromatic N) is 2. The fourth-order valence-corrected chi connectivity index (χ4v) is 3.02. The SMILES string of the molecule is Cc1ccc(Cl)c(NS(=O)(=O)c2cnn(CCCN)c2)c1. The smallest absolute Gasteiger partial charge is 0.265 e.